The Morgan fingerprint density at radius 3 is 2.58 bits per heavy atom. The van der Waals surface area contributed by atoms with Crippen molar-refractivity contribution in [2.45, 2.75) is 18.9 Å². The Balaban J connectivity index is 1.51. The summed E-state index contributed by atoms with van der Waals surface area (Å²) in [7, 11) is 0. The van der Waals surface area contributed by atoms with Gasteiger partial charge in [-0.3, -0.25) is 4.79 Å². The zero-order valence-electron chi connectivity index (χ0n) is 14.3. The van der Waals surface area contributed by atoms with Crippen molar-refractivity contribution in [2.24, 2.45) is 5.73 Å². The van der Waals surface area contributed by atoms with E-state index in [0.717, 1.165) is 11.1 Å². The Kier molecular flexibility index (Phi) is 5.66. The number of carbonyl (C=O) groups is 1. The third-order valence-electron chi connectivity index (χ3n) is 4.01. The smallest absolute Gasteiger partial charge is 0.273 e. The number of benzene rings is 2. The minimum absolute atomic E-state index is 0.217. The highest BCUT2D eigenvalue weighted by atomic mass is 16.3. The quantitative estimate of drug-likeness (QED) is 0.607. The maximum atomic E-state index is 12.2. The highest BCUT2D eigenvalue weighted by Crippen LogP contribution is 2.16. The van der Waals surface area contributed by atoms with Crippen LogP contribution >= 0.6 is 0 Å². The number of nitrogens with zero attached hydrogens (tertiary/aromatic N) is 1. The van der Waals surface area contributed by atoms with E-state index in [4.69, 9.17) is 10.2 Å². The van der Waals surface area contributed by atoms with Crippen LogP contribution in [-0.2, 0) is 12.8 Å². The van der Waals surface area contributed by atoms with Gasteiger partial charge in [0.2, 0.25) is 5.89 Å². The van der Waals surface area contributed by atoms with E-state index in [1.165, 1.54) is 6.26 Å². The van der Waals surface area contributed by atoms with Gasteiger partial charge in [0, 0.05) is 6.54 Å². The number of carbonyl (C=O) groups excluding carboxylic acids is 1. The summed E-state index contributed by atoms with van der Waals surface area (Å²) >= 11 is 0. The summed E-state index contributed by atoms with van der Waals surface area (Å²) in [4.78, 5) is 16.4. The zero-order chi connectivity index (χ0) is 18.4. The predicted molar refractivity (Wildman–Crippen MR) is 97.7 cm³/mol. The summed E-state index contributed by atoms with van der Waals surface area (Å²) in [6.45, 7) is 0.460. The first-order valence-electron chi connectivity index (χ1n) is 8.43. The van der Waals surface area contributed by atoms with Gasteiger partial charge in [-0.25, -0.2) is 4.98 Å². The van der Waals surface area contributed by atoms with Gasteiger partial charge in [0.15, 0.2) is 5.69 Å². The van der Waals surface area contributed by atoms with E-state index in [1.54, 1.807) is 12.1 Å². The van der Waals surface area contributed by atoms with Gasteiger partial charge in [-0.1, -0.05) is 42.5 Å². The maximum Gasteiger partial charge on any atom is 0.273 e. The molecule has 1 aromatic heterocycles. The van der Waals surface area contributed by atoms with Crippen molar-refractivity contribution in [2.75, 3.05) is 6.54 Å². The van der Waals surface area contributed by atoms with Crippen molar-refractivity contribution in [1.29, 1.82) is 0 Å². The van der Waals surface area contributed by atoms with Crippen LogP contribution in [0.15, 0.2) is 65.3 Å². The first-order valence-corrected chi connectivity index (χ1v) is 8.43. The van der Waals surface area contributed by atoms with E-state index >= 15 is 0 Å². The number of hydrogen-bond acceptors (Lipinski definition) is 5. The van der Waals surface area contributed by atoms with Crippen LogP contribution in [0.3, 0.4) is 0 Å². The van der Waals surface area contributed by atoms with E-state index in [9.17, 15) is 9.90 Å². The molecular weight excluding hydrogens is 330 g/mol. The van der Waals surface area contributed by atoms with E-state index in [0.29, 0.717) is 25.3 Å². The van der Waals surface area contributed by atoms with E-state index in [2.05, 4.69) is 10.3 Å². The Morgan fingerprint density at radius 2 is 1.85 bits per heavy atom. The molecule has 0 saturated heterocycles. The second-order valence-corrected chi connectivity index (χ2v) is 6.04. The Hall–Kier alpha value is -3.12. The fourth-order valence-electron chi connectivity index (χ4n) is 2.59. The molecule has 0 radical (unpaired) electrons. The zero-order valence-corrected chi connectivity index (χ0v) is 14.3. The van der Waals surface area contributed by atoms with Gasteiger partial charge < -0.3 is 20.6 Å². The third kappa shape index (κ3) is 4.70. The predicted octanol–water partition coefficient (Wildman–Crippen LogP) is 2.60. The molecule has 0 saturated carbocycles. The van der Waals surface area contributed by atoms with Crippen LogP contribution < -0.4 is 11.1 Å². The monoisotopic (exact) mass is 351 g/mol. The topological polar surface area (TPSA) is 101 Å². The SMILES string of the molecule is NC(Cc1ccccc1)c1nc(C(=O)NCCc2ccc(O)cc2)co1. The fourth-order valence-corrected chi connectivity index (χ4v) is 2.59. The molecule has 3 aromatic rings. The average molecular weight is 351 g/mol. The molecule has 6 nitrogen and oxygen atoms in total. The lowest BCUT2D eigenvalue weighted by molar-refractivity contribution is 0.0949. The van der Waals surface area contributed by atoms with Crippen molar-refractivity contribution < 1.29 is 14.3 Å². The molecule has 3 rings (SSSR count). The number of aromatic hydroxyl groups is 1. The van der Waals surface area contributed by atoms with Crippen LogP contribution in [0.25, 0.3) is 0 Å². The Labute approximate surface area is 151 Å². The van der Waals surface area contributed by atoms with Crippen LogP contribution in [0, 0.1) is 0 Å². The number of amides is 1. The molecule has 1 heterocycles. The molecule has 6 heteroatoms. The molecule has 4 N–H and O–H groups in total. The van der Waals surface area contributed by atoms with Gasteiger partial charge in [0.05, 0.1) is 6.04 Å². The van der Waals surface area contributed by atoms with Crippen molar-refractivity contribution in [3.63, 3.8) is 0 Å². The van der Waals surface area contributed by atoms with E-state index in [1.807, 2.05) is 42.5 Å². The molecule has 0 aliphatic carbocycles. The largest absolute Gasteiger partial charge is 0.508 e. The lowest BCUT2D eigenvalue weighted by atomic mass is 10.1. The summed E-state index contributed by atoms with van der Waals surface area (Å²) in [5.74, 6) is 0.267. The van der Waals surface area contributed by atoms with Crippen molar-refractivity contribution in [1.82, 2.24) is 10.3 Å². The van der Waals surface area contributed by atoms with Gasteiger partial charge in [-0.2, -0.15) is 0 Å². The second kappa shape index (κ2) is 8.31. The first kappa shape index (κ1) is 17.7. The van der Waals surface area contributed by atoms with Crippen LogP contribution in [0.4, 0.5) is 0 Å². The summed E-state index contributed by atoms with van der Waals surface area (Å²) in [6.07, 6.45) is 2.57. The molecule has 2 aromatic carbocycles. The number of aromatic nitrogens is 1. The molecule has 0 bridgehead atoms. The van der Waals surface area contributed by atoms with Crippen LogP contribution in [0.2, 0.25) is 0 Å². The van der Waals surface area contributed by atoms with Crippen LogP contribution in [0.5, 0.6) is 5.75 Å². The normalized spacial score (nSPS) is 11.9. The van der Waals surface area contributed by atoms with E-state index in [-0.39, 0.29) is 17.4 Å². The van der Waals surface area contributed by atoms with Gasteiger partial charge >= 0.3 is 0 Å². The lowest BCUT2D eigenvalue weighted by Crippen LogP contribution is -2.26. The van der Waals surface area contributed by atoms with E-state index < -0.39 is 6.04 Å². The number of oxazole rings is 1. The molecular formula is C20H21N3O3. The number of phenols is 1. The van der Waals surface area contributed by atoms with Crippen molar-refractivity contribution in [3.8, 4) is 5.75 Å². The summed E-state index contributed by atoms with van der Waals surface area (Å²) in [6, 6.07) is 16.3. The summed E-state index contributed by atoms with van der Waals surface area (Å²) < 4.78 is 5.37. The number of nitrogens with one attached hydrogen (secondary N) is 1. The van der Waals surface area contributed by atoms with Gasteiger partial charge in [-0.15, -0.1) is 0 Å². The Morgan fingerprint density at radius 1 is 1.12 bits per heavy atom. The Bertz CT molecular complexity index is 844. The average Bonchev–Trinajstić information content (AvgIpc) is 3.15. The minimum atomic E-state index is -0.407. The third-order valence-corrected chi connectivity index (χ3v) is 4.01. The van der Waals surface area contributed by atoms with Gasteiger partial charge in [0.1, 0.15) is 12.0 Å². The minimum Gasteiger partial charge on any atom is -0.508 e. The molecule has 1 atom stereocenters. The number of nitrogens with two attached hydrogens (primary N) is 1. The standard InChI is InChI=1S/C20H21N3O3/c21-17(12-15-4-2-1-3-5-15)20-23-18(13-26-20)19(25)22-11-10-14-6-8-16(24)9-7-14/h1-9,13,17,24H,10-12,21H2,(H,22,25). The van der Waals surface area contributed by atoms with Crippen LogP contribution in [-0.4, -0.2) is 22.5 Å². The summed E-state index contributed by atoms with van der Waals surface area (Å²) in [5, 5.41) is 12.1. The van der Waals surface area contributed by atoms with Crippen molar-refractivity contribution in [3.05, 3.63) is 83.6 Å². The first-order chi connectivity index (χ1) is 12.6. The highest BCUT2D eigenvalue weighted by Gasteiger charge is 2.17. The molecule has 0 fully saturated rings. The highest BCUT2D eigenvalue weighted by molar-refractivity contribution is 5.91. The summed E-state index contributed by atoms with van der Waals surface area (Å²) in [5.41, 5.74) is 8.44. The van der Waals surface area contributed by atoms with Gasteiger partial charge in [0.25, 0.3) is 5.91 Å². The lowest BCUT2D eigenvalue weighted by Gasteiger charge is -2.07. The molecule has 0 aliphatic heterocycles. The number of rotatable bonds is 7. The van der Waals surface area contributed by atoms with Crippen LogP contribution in [0.1, 0.15) is 33.5 Å². The molecule has 134 valence electrons. The molecule has 0 spiro atoms. The molecule has 1 amide bonds. The molecule has 0 aliphatic rings. The number of hydrogen-bond donors (Lipinski definition) is 3. The molecule has 26 heavy (non-hydrogen) atoms. The second-order valence-electron chi connectivity index (χ2n) is 6.04. The van der Waals surface area contributed by atoms with Crippen molar-refractivity contribution >= 4 is 5.91 Å². The maximum absolute atomic E-state index is 12.2. The fraction of sp³-hybridized carbons (Fsp3) is 0.200. The number of phenolic OH excluding ortho intramolecular Hbond substituents is 1. The van der Waals surface area contributed by atoms with Gasteiger partial charge in [-0.05, 0) is 36.1 Å². The molecule has 1 unspecified atom stereocenters.